The van der Waals surface area contributed by atoms with Crippen molar-refractivity contribution in [2.75, 3.05) is 23.0 Å². The van der Waals surface area contributed by atoms with Crippen molar-refractivity contribution in [3.63, 3.8) is 0 Å². The van der Waals surface area contributed by atoms with Gasteiger partial charge in [0.05, 0.1) is 31.3 Å². The van der Waals surface area contributed by atoms with Crippen LogP contribution in [0.4, 0.5) is 29.3 Å². The first-order chi connectivity index (χ1) is 15.1. The van der Waals surface area contributed by atoms with Gasteiger partial charge in [-0.25, -0.2) is 31.4 Å². The van der Waals surface area contributed by atoms with Crippen LogP contribution >= 0.6 is 0 Å². The fourth-order valence-electron chi connectivity index (χ4n) is 3.40. The van der Waals surface area contributed by atoms with Gasteiger partial charge in [0.25, 0.3) is 5.88 Å². The number of rotatable bonds is 5. The number of nitrogens with one attached hydrogen (secondary N) is 2. The molecule has 0 atom stereocenters. The number of amides is 2. The lowest BCUT2D eigenvalue weighted by atomic mass is 10.1. The number of aromatic nitrogens is 2. The van der Waals surface area contributed by atoms with E-state index < -0.39 is 45.6 Å². The van der Waals surface area contributed by atoms with Gasteiger partial charge in [0.1, 0.15) is 11.6 Å². The summed E-state index contributed by atoms with van der Waals surface area (Å²) in [4.78, 5) is 21.8. The van der Waals surface area contributed by atoms with Crippen LogP contribution in [0, 0.1) is 17.5 Å². The number of hydrogen-bond donors (Lipinski definition) is 2. The van der Waals surface area contributed by atoms with Crippen molar-refractivity contribution < 1.29 is 31.1 Å². The number of pyridine rings is 2. The summed E-state index contributed by atoms with van der Waals surface area (Å²) in [6.45, 7) is -0.480. The van der Waals surface area contributed by atoms with E-state index in [2.05, 4.69) is 15.3 Å². The molecule has 0 fully saturated rings. The zero-order valence-corrected chi connectivity index (χ0v) is 17.6. The van der Waals surface area contributed by atoms with Crippen LogP contribution in [0.25, 0.3) is 11.0 Å². The van der Waals surface area contributed by atoms with Crippen molar-refractivity contribution in [3.8, 4) is 5.88 Å². The van der Waals surface area contributed by atoms with Crippen LogP contribution in [0.5, 0.6) is 5.88 Å². The van der Waals surface area contributed by atoms with E-state index in [9.17, 15) is 26.4 Å². The molecule has 0 spiro atoms. The van der Waals surface area contributed by atoms with Crippen LogP contribution in [-0.4, -0.2) is 37.8 Å². The van der Waals surface area contributed by atoms with E-state index in [0.717, 1.165) is 29.4 Å². The second-order valence-corrected chi connectivity index (χ2v) is 8.77. The fourth-order valence-corrected chi connectivity index (χ4v) is 3.95. The van der Waals surface area contributed by atoms with Gasteiger partial charge in [0.2, 0.25) is 10.0 Å². The van der Waals surface area contributed by atoms with E-state index in [1.54, 1.807) is 0 Å². The zero-order valence-electron chi connectivity index (χ0n) is 16.7. The number of carbonyl (C=O) groups excluding carboxylic acids is 1. The van der Waals surface area contributed by atoms with Crippen LogP contribution in [0.3, 0.4) is 0 Å². The standard InChI is InChI=1S/C19H16F3N5O4S/c1-31-18-15(22)5-11-16-9(6-23-17(11)25-18)7-24-19(28)27(16)8-12-13(20)3-10(4-14(12)21)26-32(2,29)30/h3-6,26H,7-8H2,1-2H3,(H,24,28). The minimum Gasteiger partial charge on any atom is -0.479 e. The van der Waals surface area contributed by atoms with Crippen LogP contribution < -0.4 is 19.7 Å². The van der Waals surface area contributed by atoms with E-state index in [1.165, 1.54) is 13.3 Å². The molecule has 2 amide bonds. The maximum Gasteiger partial charge on any atom is 0.322 e. The number of anilines is 2. The maximum absolute atomic E-state index is 14.7. The van der Waals surface area contributed by atoms with Crippen LogP contribution in [0.15, 0.2) is 24.4 Å². The number of carbonyl (C=O) groups is 1. The van der Waals surface area contributed by atoms with Gasteiger partial charge < -0.3 is 10.1 Å². The summed E-state index contributed by atoms with van der Waals surface area (Å²) >= 11 is 0. The third-order valence-corrected chi connectivity index (χ3v) is 5.33. The Balaban J connectivity index is 1.81. The van der Waals surface area contributed by atoms with E-state index in [1.807, 2.05) is 4.72 Å². The molecule has 0 aliphatic carbocycles. The second kappa shape index (κ2) is 7.82. The highest BCUT2D eigenvalue weighted by molar-refractivity contribution is 7.92. The molecule has 1 aromatic carbocycles. The summed E-state index contributed by atoms with van der Waals surface area (Å²) in [6.07, 6.45) is 2.26. The van der Waals surface area contributed by atoms with Gasteiger partial charge >= 0.3 is 6.03 Å². The lowest BCUT2D eigenvalue weighted by Crippen LogP contribution is -2.44. The molecule has 0 radical (unpaired) electrons. The number of nitrogens with zero attached hydrogens (tertiary/aromatic N) is 3. The predicted octanol–water partition coefficient (Wildman–Crippen LogP) is 2.66. The third-order valence-electron chi connectivity index (χ3n) is 4.72. The van der Waals surface area contributed by atoms with Crippen molar-refractivity contribution in [1.82, 2.24) is 15.3 Å². The summed E-state index contributed by atoms with van der Waals surface area (Å²) < 4.78 is 73.2. The maximum atomic E-state index is 14.7. The lowest BCUT2D eigenvalue weighted by Gasteiger charge is -2.31. The molecule has 32 heavy (non-hydrogen) atoms. The first-order valence-electron chi connectivity index (χ1n) is 9.10. The Labute approximate surface area is 180 Å². The molecule has 1 aliphatic heterocycles. The average Bonchev–Trinajstić information content (AvgIpc) is 2.70. The van der Waals surface area contributed by atoms with E-state index in [0.29, 0.717) is 5.56 Å². The Morgan fingerprint density at radius 1 is 1.19 bits per heavy atom. The Morgan fingerprint density at radius 2 is 1.88 bits per heavy atom. The summed E-state index contributed by atoms with van der Waals surface area (Å²) in [5.41, 5.74) is -0.0263. The first kappa shape index (κ1) is 21.6. The minimum atomic E-state index is -3.75. The van der Waals surface area contributed by atoms with Crippen LogP contribution in [-0.2, 0) is 23.1 Å². The molecular formula is C19H16F3N5O4S. The van der Waals surface area contributed by atoms with Gasteiger partial charge in [-0.05, 0) is 18.2 Å². The highest BCUT2D eigenvalue weighted by Gasteiger charge is 2.29. The Morgan fingerprint density at radius 3 is 2.50 bits per heavy atom. The molecule has 0 bridgehead atoms. The van der Waals surface area contributed by atoms with Gasteiger partial charge in [-0.2, -0.15) is 4.98 Å². The third kappa shape index (κ3) is 3.98. The molecule has 3 aromatic rings. The van der Waals surface area contributed by atoms with Gasteiger partial charge in [-0.3, -0.25) is 9.62 Å². The van der Waals surface area contributed by atoms with Crippen molar-refractivity contribution in [1.29, 1.82) is 0 Å². The number of sulfonamides is 1. The molecule has 9 nitrogen and oxygen atoms in total. The molecule has 2 N–H and O–H groups in total. The number of ether oxygens (including phenoxy) is 1. The molecule has 4 rings (SSSR count). The van der Waals surface area contributed by atoms with Crippen molar-refractivity contribution in [3.05, 3.63) is 53.0 Å². The first-order valence-corrected chi connectivity index (χ1v) is 11.0. The summed E-state index contributed by atoms with van der Waals surface area (Å²) in [5.74, 6) is -3.22. The topological polar surface area (TPSA) is 114 Å². The summed E-state index contributed by atoms with van der Waals surface area (Å²) in [6, 6.07) is 2.03. The van der Waals surface area contributed by atoms with Gasteiger partial charge in [0.15, 0.2) is 11.5 Å². The molecule has 0 unspecified atom stereocenters. The normalized spacial score (nSPS) is 13.7. The molecule has 0 saturated carbocycles. The predicted molar refractivity (Wildman–Crippen MR) is 109 cm³/mol. The largest absolute Gasteiger partial charge is 0.479 e. The molecule has 2 aromatic heterocycles. The van der Waals surface area contributed by atoms with E-state index in [4.69, 9.17) is 4.74 Å². The smallest absolute Gasteiger partial charge is 0.322 e. The van der Waals surface area contributed by atoms with Crippen LogP contribution in [0.2, 0.25) is 0 Å². The SMILES string of the molecule is COc1nc2ncc3c(c2cc1F)N(Cc1c(F)cc(NS(C)(=O)=O)cc1F)C(=O)NC3. The number of hydrogen-bond acceptors (Lipinski definition) is 6. The second-order valence-electron chi connectivity index (χ2n) is 7.02. The fraction of sp³-hybridized carbons (Fsp3) is 0.211. The number of fused-ring (bicyclic) bond motifs is 3. The number of methoxy groups -OCH3 is 1. The van der Waals surface area contributed by atoms with E-state index >= 15 is 0 Å². The van der Waals surface area contributed by atoms with Crippen molar-refractivity contribution in [2.24, 2.45) is 0 Å². The average molecular weight is 467 g/mol. The quantitative estimate of drug-likeness (QED) is 0.597. The molecule has 3 heterocycles. The van der Waals surface area contributed by atoms with Crippen molar-refractivity contribution >= 4 is 38.5 Å². The number of benzene rings is 1. The van der Waals surface area contributed by atoms with Crippen LogP contribution in [0.1, 0.15) is 11.1 Å². The molecule has 0 saturated heterocycles. The molecule has 13 heteroatoms. The Hall–Kier alpha value is -3.61. The lowest BCUT2D eigenvalue weighted by molar-refractivity contribution is 0.244. The number of halogens is 3. The molecule has 1 aliphatic rings. The number of urea groups is 1. The highest BCUT2D eigenvalue weighted by atomic mass is 32.2. The van der Waals surface area contributed by atoms with Gasteiger partial charge in [0, 0.05) is 29.3 Å². The Bertz CT molecular complexity index is 1340. The Kier molecular flexibility index (Phi) is 5.28. The monoisotopic (exact) mass is 467 g/mol. The summed E-state index contributed by atoms with van der Waals surface area (Å²) in [5, 5.41) is 2.72. The minimum absolute atomic E-state index is 0.0729. The highest BCUT2D eigenvalue weighted by Crippen LogP contribution is 2.35. The van der Waals surface area contributed by atoms with Gasteiger partial charge in [-0.15, -0.1) is 0 Å². The zero-order chi connectivity index (χ0) is 23.2. The molecule has 168 valence electrons. The summed E-state index contributed by atoms with van der Waals surface area (Å²) in [7, 11) is -2.51. The van der Waals surface area contributed by atoms with E-state index in [-0.39, 0.29) is 34.8 Å². The van der Waals surface area contributed by atoms with Crippen molar-refractivity contribution in [2.45, 2.75) is 13.1 Å². The van der Waals surface area contributed by atoms with Gasteiger partial charge in [-0.1, -0.05) is 0 Å². The molecular weight excluding hydrogens is 451 g/mol.